The van der Waals surface area contributed by atoms with Gasteiger partial charge in [-0.05, 0) is 43.5 Å². The first kappa shape index (κ1) is 18.1. The van der Waals surface area contributed by atoms with Gasteiger partial charge in [0.05, 0.1) is 5.54 Å². The van der Waals surface area contributed by atoms with Gasteiger partial charge in [-0.25, -0.2) is 4.79 Å². The first-order valence-electron chi connectivity index (χ1n) is 7.84. The molecular formula is C17H17BrClN3O3. The third kappa shape index (κ3) is 3.01. The van der Waals surface area contributed by atoms with Crippen molar-refractivity contribution >= 4 is 39.3 Å². The molecule has 6 nitrogen and oxygen atoms in total. The minimum atomic E-state index is -0.560. The van der Waals surface area contributed by atoms with Crippen molar-refractivity contribution in [2.75, 3.05) is 0 Å². The molecule has 0 radical (unpaired) electrons. The maximum absolute atomic E-state index is 12.4. The second-order valence-electron chi connectivity index (χ2n) is 6.32. The molecule has 0 saturated heterocycles. The summed E-state index contributed by atoms with van der Waals surface area (Å²) in [4.78, 5) is 16.8. The molecule has 1 fully saturated rings. The molecule has 4 rings (SSSR count). The maximum atomic E-state index is 12.4. The van der Waals surface area contributed by atoms with E-state index in [0.717, 1.165) is 41.1 Å². The number of fused-ring (bicyclic) bond motifs is 1. The van der Waals surface area contributed by atoms with E-state index in [1.165, 1.54) is 0 Å². The van der Waals surface area contributed by atoms with Crippen LogP contribution in [0.25, 0.3) is 22.4 Å². The minimum absolute atomic E-state index is 0. The highest BCUT2D eigenvalue weighted by Crippen LogP contribution is 2.36. The lowest BCUT2D eigenvalue weighted by atomic mass is 9.98. The third-order valence-electron chi connectivity index (χ3n) is 4.71. The smallest absolute Gasteiger partial charge is 0.349 e. The Balaban J connectivity index is 0.00000182. The van der Waals surface area contributed by atoms with E-state index in [1.807, 2.05) is 19.1 Å². The molecule has 2 aromatic heterocycles. The van der Waals surface area contributed by atoms with Crippen LogP contribution in [0.3, 0.4) is 0 Å². The number of benzene rings is 1. The van der Waals surface area contributed by atoms with Gasteiger partial charge in [0.2, 0.25) is 0 Å². The zero-order chi connectivity index (χ0) is 16.9. The van der Waals surface area contributed by atoms with Crippen molar-refractivity contribution in [3.8, 4) is 11.5 Å². The van der Waals surface area contributed by atoms with Gasteiger partial charge < -0.3 is 14.7 Å². The Kier molecular flexibility index (Phi) is 4.74. The molecule has 0 amide bonds. The molecule has 0 bridgehead atoms. The number of aromatic nitrogens is 2. The second kappa shape index (κ2) is 6.55. The van der Waals surface area contributed by atoms with Crippen LogP contribution in [0.4, 0.5) is 0 Å². The number of hydrogen-bond acceptors (Lipinski definition) is 6. The Morgan fingerprint density at radius 3 is 2.72 bits per heavy atom. The number of nitrogens with two attached hydrogens (primary N) is 1. The van der Waals surface area contributed by atoms with E-state index < -0.39 is 11.2 Å². The standard InChI is InChI=1S/C17H16BrN3O3.ClH/c1-9-11-8-10(18)4-5-12(11)23-15(22)13(9)14-20-16(21-24-14)17(19)6-2-3-7-17;/h4-5,8H,2-3,6-7,19H2,1H3;1H. The summed E-state index contributed by atoms with van der Waals surface area (Å²) >= 11 is 3.43. The van der Waals surface area contributed by atoms with Crippen LogP contribution in [0.5, 0.6) is 0 Å². The van der Waals surface area contributed by atoms with Crippen LogP contribution in [0.15, 0.2) is 36.4 Å². The van der Waals surface area contributed by atoms with Gasteiger partial charge in [-0.1, -0.05) is 33.9 Å². The second-order valence-corrected chi connectivity index (χ2v) is 7.23. The van der Waals surface area contributed by atoms with Crippen LogP contribution in [-0.2, 0) is 5.54 Å². The minimum Gasteiger partial charge on any atom is -0.422 e. The Morgan fingerprint density at radius 1 is 1.28 bits per heavy atom. The average Bonchev–Trinajstić information content (AvgIpc) is 3.19. The van der Waals surface area contributed by atoms with Crippen LogP contribution in [0.2, 0.25) is 0 Å². The predicted molar refractivity (Wildman–Crippen MR) is 99.8 cm³/mol. The molecular weight excluding hydrogens is 410 g/mol. The summed E-state index contributed by atoms with van der Waals surface area (Å²) in [6.07, 6.45) is 3.74. The highest BCUT2D eigenvalue weighted by Gasteiger charge is 2.36. The van der Waals surface area contributed by atoms with E-state index in [-0.39, 0.29) is 18.3 Å². The molecule has 0 atom stereocenters. The van der Waals surface area contributed by atoms with Gasteiger partial charge >= 0.3 is 5.63 Å². The van der Waals surface area contributed by atoms with Crippen molar-refractivity contribution in [1.82, 2.24) is 10.1 Å². The lowest BCUT2D eigenvalue weighted by Crippen LogP contribution is -2.34. The topological polar surface area (TPSA) is 95.1 Å². The Bertz CT molecular complexity index is 992. The van der Waals surface area contributed by atoms with Crippen molar-refractivity contribution < 1.29 is 8.94 Å². The molecule has 2 heterocycles. The number of hydrogen-bond donors (Lipinski definition) is 1. The molecule has 3 aromatic rings. The summed E-state index contributed by atoms with van der Waals surface area (Å²) in [5, 5.41) is 4.85. The Morgan fingerprint density at radius 2 is 2.00 bits per heavy atom. The summed E-state index contributed by atoms with van der Waals surface area (Å²) in [5.41, 5.74) is 6.88. The maximum Gasteiger partial charge on any atom is 0.349 e. The average molecular weight is 427 g/mol. The van der Waals surface area contributed by atoms with Crippen molar-refractivity contribution in [3.05, 3.63) is 44.5 Å². The fourth-order valence-electron chi connectivity index (χ4n) is 3.33. The fourth-order valence-corrected chi connectivity index (χ4v) is 3.69. The summed E-state index contributed by atoms with van der Waals surface area (Å²) in [6.45, 7) is 1.85. The monoisotopic (exact) mass is 425 g/mol. The van der Waals surface area contributed by atoms with Crippen LogP contribution in [0.1, 0.15) is 37.1 Å². The SMILES string of the molecule is Cc1c(-c2nc(C3(N)CCCC3)no2)c(=O)oc2ccc(Br)cc12.Cl. The summed E-state index contributed by atoms with van der Waals surface area (Å²) in [5.74, 6) is 0.623. The van der Waals surface area contributed by atoms with E-state index >= 15 is 0 Å². The lowest BCUT2D eigenvalue weighted by molar-refractivity contribution is 0.372. The van der Waals surface area contributed by atoms with Gasteiger partial charge in [-0.15, -0.1) is 12.4 Å². The predicted octanol–water partition coefficient (Wildman–Crippen LogP) is 4.06. The number of aryl methyl sites for hydroxylation is 1. The van der Waals surface area contributed by atoms with Crippen LogP contribution >= 0.6 is 28.3 Å². The Labute approximate surface area is 158 Å². The number of rotatable bonds is 2. The first-order chi connectivity index (χ1) is 11.5. The molecule has 0 aliphatic heterocycles. The molecule has 0 unspecified atom stereocenters. The fraction of sp³-hybridized carbons (Fsp3) is 0.353. The van der Waals surface area contributed by atoms with Crippen molar-refractivity contribution in [2.45, 2.75) is 38.1 Å². The highest BCUT2D eigenvalue weighted by atomic mass is 79.9. The van der Waals surface area contributed by atoms with Gasteiger partial charge in [0, 0.05) is 9.86 Å². The number of halogens is 2. The lowest BCUT2D eigenvalue weighted by Gasteiger charge is -2.17. The molecule has 1 aromatic carbocycles. The van der Waals surface area contributed by atoms with Crippen LogP contribution in [0, 0.1) is 6.92 Å². The molecule has 132 valence electrons. The quantitative estimate of drug-likeness (QED) is 0.621. The van der Waals surface area contributed by atoms with E-state index in [9.17, 15) is 4.79 Å². The van der Waals surface area contributed by atoms with Crippen LogP contribution in [-0.4, -0.2) is 10.1 Å². The summed E-state index contributed by atoms with van der Waals surface area (Å²) in [6, 6.07) is 5.48. The molecule has 1 aliphatic rings. The highest BCUT2D eigenvalue weighted by molar-refractivity contribution is 9.10. The van der Waals surface area contributed by atoms with Crippen molar-refractivity contribution in [3.63, 3.8) is 0 Å². The molecule has 0 spiro atoms. The molecule has 25 heavy (non-hydrogen) atoms. The zero-order valence-corrected chi connectivity index (χ0v) is 15.9. The van der Waals surface area contributed by atoms with E-state index in [1.54, 1.807) is 6.07 Å². The Hall–Kier alpha value is -1.70. The van der Waals surface area contributed by atoms with E-state index in [0.29, 0.717) is 17.0 Å². The van der Waals surface area contributed by atoms with Gasteiger partial charge in [0.1, 0.15) is 11.1 Å². The number of nitrogens with zero attached hydrogens (tertiary/aromatic N) is 2. The molecule has 1 saturated carbocycles. The van der Waals surface area contributed by atoms with Gasteiger partial charge in [0.25, 0.3) is 5.89 Å². The largest absolute Gasteiger partial charge is 0.422 e. The van der Waals surface area contributed by atoms with E-state index in [2.05, 4.69) is 26.1 Å². The van der Waals surface area contributed by atoms with E-state index in [4.69, 9.17) is 14.7 Å². The molecule has 2 N–H and O–H groups in total. The molecule has 8 heteroatoms. The van der Waals surface area contributed by atoms with Crippen molar-refractivity contribution in [1.29, 1.82) is 0 Å². The van der Waals surface area contributed by atoms with Gasteiger partial charge in [0.15, 0.2) is 5.82 Å². The summed E-state index contributed by atoms with van der Waals surface area (Å²) < 4.78 is 11.7. The van der Waals surface area contributed by atoms with Gasteiger partial charge in [-0.3, -0.25) is 0 Å². The van der Waals surface area contributed by atoms with Crippen molar-refractivity contribution in [2.24, 2.45) is 5.73 Å². The molecule has 1 aliphatic carbocycles. The first-order valence-corrected chi connectivity index (χ1v) is 8.64. The zero-order valence-electron chi connectivity index (χ0n) is 13.5. The third-order valence-corrected chi connectivity index (χ3v) is 5.20. The summed E-state index contributed by atoms with van der Waals surface area (Å²) in [7, 11) is 0. The normalized spacial score (nSPS) is 16.1. The van der Waals surface area contributed by atoms with Gasteiger partial charge in [-0.2, -0.15) is 4.98 Å². The van der Waals surface area contributed by atoms with Crippen LogP contribution < -0.4 is 11.4 Å².